The fourth-order valence-corrected chi connectivity index (χ4v) is 5.25. The number of hydrogen-bond donors (Lipinski definition) is 4. The molecule has 1 unspecified atom stereocenters. The molecule has 10 nitrogen and oxygen atoms in total. The van der Waals surface area contributed by atoms with Gasteiger partial charge in [0.2, 0.25) is 11.9 Å². The van der Waals surface area contributed by atoms with Gasteiger partial charge >= 0.3 is 0 Å². The standard InChI is InChI=1S/C28H40F3N7O2.CH4O/c1-4-40-16-18(2)37(3)26-24(33-17-34-25-22(30)13-20(29)14-23(25)31)15-32-28(36-26)35-21-9-7-19(8-10-21)27(39)38-11-5-6-12-38;1-2/h13-15,18-19,21,33-34H,4-12,16-17H2,1-3H3,(H,32,35,36);2H,1H3. The SMILES string of the molecule is CCOCC(C)N(C)c1nc(NC2CCC(C(=O)N3CCCC3)CC2)ncc1NCNc1c(F)cc(F)cc1F.CO. The van der Waals surface area contributed by atoms with Crippen LogP contribution in [0.1, 0.15) is 52.4 Å². The fourth-order valence-electron chi connectivity index (χ4n) is 5.25. The van der Waals surface area contributed by atoms with Gasteiger partial charge in [0.25, 0.3) is 0 Å². The molecule has 1 atom stereocenters. The molecular formula is C29H44F3N7O3. The minimum Gasteiger partial charge on any atom is -0.400 e. The van der Waals surface area contributed by atoms with Crippen LogP contribution in [0.5, 0.6) is 0 Å². The van der Waals surface area contributed by atoms with Gasteiger partial charge in [0.05, 0.1) is 31.2 Å². The molecule has 234 valence electrons. The average Bonchev–Trinajstić information content (AvgIpc) is 3.54. The molecule has 1 saturated carbocycles. The summed E-state index contributed by atoms with van der Waals surface area (Å²) in [7, 11) is 2.89. The Morgan fingerprint density at radius 3 is 2.38 bits per heavy atom. The summed E-state index contributed by atoms with van der Waals surface area (Å²) in [6, 6.07) is 1.39. The number of likely N-dealkylation sites (N-methyl/N-ethyl adjacent to an activating group) is 1. The fraction of sp³-hybridized carbons (Fsp3) is 0.621. The Morgan fingerprint density at radius 2 is 1.76 bits per heavy atom. The topological polar surface area (TPSA) is 115 Å². The van der Waals surface area contributed by atoms with Crippen molar-refractivity contribution >= 4 is 29.0 Å². The Labute approximate surface area is 246 Å². The summed E-state index contributed by atoms with van der Waals surface area (Å²) in [4.78, 5) is 26.0. The van der Waals surface area contributed by atoms with Gasteiger partial charge in [-0.15, -0.1) is 0 Å². The number of halogens is 3. The van der Waals surface area contributed by atoms with E-state index in [1.807, 2.05) is 30.7 Å². The molecule has 42 heavy (non-hydrogen) atoms. The third kappa shape index (κ3) is 8.84. The Kier molecular flexibility index (Phi) is 12.9. The molecule has 2 fully saturated rings. The van der Waals surface area contributed by atoms with Crippen molar-refractivity contribution in [3.05, 3.63) is 35.8 Å². The number of carbonyl (C=O) groups is 1. The molecule has 0 radical (unpaired) electrons. The van der Waals surface area contributed by atoms with Gasteiger partial charge < -0.3 is 35.6 Å². The highest BCUT2D eigenvalue weighted by Gasteiger charge is 2.31. The molecule has 13 heteroatoms. The van der Waals surface area contributed by atoms with Crippen molar-refractivity contribution in [2.75, 3.05) is 68.0 Å². The van der Waals surface area contributed by atoms with Crippen LogP contribution in [0.3, 0.4) is 0 Å². The van der Waals surface area contributed by atoms with Crippen LogP contribution < -0.4 is 20.9 Å². The van der Waals surface area contributed by atoms with Crippen LogP contribution in [0.2, 0.25) is 0 Å². The van der Waals surface area contributed by atoms with Gasteiger partial charge in [-0.05, 0) is 52.4 Å². The number of benzene rings is 1. The van der Waals surface area contributed by atoms with Crippen molar-refractivity contribution < 1.29 is 27.8 Å². The molecule has 1 aliphatic carbocycles. The molecule has 4 rings (SSSR count). The van der Waals surface area contributed by atoms with Crippen LogP contribution in [0.25, 0.3) is 0 Å². The summed E-state index contributed by atoms with van der Waals surface area (Å²) in [6.07, 6.45) is 7.22. The van der Waals surface area contributed by atoms with Crippen LogP contribution in [-0.4, -0.2) is 85.1 Å². The van der Waals surface area contributed by atoms with Crippen LogP contribution in [0.15, 0.2) is 18.3 Å². The minimum atomic E-state index is -1.02. The van der Waals surface area contributed by atoms with Crippen molar-refractivity contribution in [3.63, 3.8) is 0 Å². The molecule has 2 aliphatic rings. The quantitative estimate of drug-likeness (QED) is 0.265. The van der Waals surface area contributed by atoms with Gasteiger partial charge in [-0.25, -0.2) is 18.2 Å². The zero-order valence-electron chi connectivity index (χ0n) is 24.9. The Morgan fingerprint density at radius 1 is 1.12 bits per heavy atom. The van der Waals surface area contributed by atoms with Crippen LogP contribution in [0, 0.1) is 23.4 Å². The molecule has 4 N–H and O–H groups in total. The number of carbonyl (C=O) groups excluding carboxylic acids is 1. The average molecular weight is 596 g/mol. The van der Waals surface area contributed by atoms with Crippen LogP contribution >= 0.6 is 0 Å². The van der Waals surface area contributed by atoms with E-state index < -0.39 is 23.1 Å². The maximum Gasteiger partial charge on any atom is 0.225 e. The first kappa shape index (κ1) is 33.2. The molecule has 1 aliphatic heterocycles. The zero-order chi connectivity index (χ0) is 30.6. The van der Waals surface area contributed by atoms with E-state index in [2.05, 4.69) is 20.9 Å². The molecule has 0 spiro atoms. The molecule has 2 aromatic rings. The van der Waals surface area contributed by atoms with Crippen molar-refractivity contribution in [1.82, 2.24) is 14.9 Å². The zero-order valence-corrected chi connectivity index (χ0v) is 24.9. The normalized spacial score (nSPS) is 19.0. The highest BCUT2D eigenvalue weighted by Crippen LogP contribution is 2.30. The third-order valence-electron chi connectivity index (χ3n) is 7.71. The van der Waals surface area contributed by atoms with Crippen molar-refractivity contribution in [2.24, 2.45) is 5.92 Å². The maximum absolute atomic E-state index is 14.0. The number of aliphatic hydroxyl groups is 1. The number of ether oxygens (including phenoxy) is 1. The van der Waals surface area contributed by atoms with Gasteiger partial charge in [0.15, 0.2) is 17.5 Å². The summed E-state index contributed by atoms with van der Waals surface area (Å²) in [5.41, 5.74) is 0.123. The lowest BCUT2D eigenvalue weighted by molar-refractivity contribution is -0.135. The molecule has 2 heterocycles. The molecule has 1 aromatic heterocycles. The Balaban J connectivity index is 0.00000237. The predicted molar refractivity (Wildman–Crippen MR) is 158 cm³/mol. The number of aliphatic hydroxyl groups excluding tert-OH is 1. The van der Waals surface area contributed by atoms with E-state index in [0.29, 0.717) is 48.7 Å². The maximum atomic E-state index is 14.0. The molecule has 1 amide bonds. The lowest BCUT2D eigenvalue weighted by atomic mass is 9.85. The first-order valence-electron chi connectivity index (χ1n) is 14.6. The number of likely N-dealkylation sites (tertiary alicyclic amines) is 1. The van der Waals surface area contributed by atoms with Crippen LogP contribution in [-0.2, 0) is 9.53 Å². The van der Waals surface area contributed by atoms with Crippen molar-refractivity contribution in [3.8, 4) is 0 Å². The Bertz CT molecular complexity index is 1120. The second-order valence-corrected chi connectivity index (χ2v) is 10.6. The number of hydrogen-bond acceptors (Lipinski definition) is 9. The van der Waals surface area contributed by atoms with E-state index in [9.17, 15) is 18.0 Å². The van der Waals surface area contributed by atoms with E-state index in [-0.39, 0.29) is 24.7 Å². The number of anilines is 4. The molecule has 0 bridgehead atoms. The number of rotatable bonds is 12. The van der Waals surface area contributed by atoms with Gasteiger partial charge in [-0.3, -0.25) is 4.79 Å². The summed E-state index contributed by atoms with van der Waals surface area (Å²) >= 11 is 0. The second-order valence-electron chi connectivity index (χ2n) is 10.6. The molecule has 1 aromatic carbocycles. The number of nitrogens with one attached hydrogen (secondary N) is 3. The number of nitrogens with zero attached hydrogens (tertiary/aromatic N) is 4. The highest BCUT2D eigenvalue weighted by atomic mass is 19.1. The van der Waals surface area contributed by atoms with Crippen molar-refractivity contribution in [1.29, 1.82) is 0 Å². The number of aromatic nitrogens is 2. The summed E-state index contributed by atoms with van der Waals surface area (Å²) in [6.45, 7) is 6.72. The van der Waals surface area contributed by atoms with Crippen molar-refractivity contribution in [2.45, 2.75) is 64.5 Å². The highest BCUT2D eigenvalue weighted by molar-refractivity contribution is 5.79. The lowest BCUT2D eigenvalue weighted by Gasteiger charge is -2.31. The van der Waals surface area contributed by atoms with E-state index in [1.54, 1.807) is 6.20 Å². The Hall–Kier alpha value is -3.32. The summed E-state index contributed by atoms with van der Waals surface area (Å²) in [5, 5.41) is 16.1. The molecule has 1 saturated heterocycles. The largest absolute Gasteiger partial charge is 0.400 e. The summed E-state index contributed by atoms with van der Waals surface area (Å²) in [5.74, 6) is -1.58. The van der Waals surface area contributed by atoms with E-state index in [1.165, 1.54) is 0 Å². The third-order valence-corrected chi connectivity index (χ3v) is 7.71. The first-order chi connectivity index (χ1) is 20.3. The lowest BCUT2D eigenvalue weighted by Crippen LogP contribution is -2.38. The van der Waals surface area contributed by atoms with Crippen LogP contribution in [0.4, 0.5) is 36.3 Å². The van der Waals surface area contributed by atoms with Gasteiger partial charge in [-0.2, -0.15) is 4.98 Å². The van der Waals surface area contributed by atoms with E-state index in [4.69, 9.17) is 14.8 Å². The van der Waals surface area contributed by atoms with Gasteiger partial charge in [0.1, 0.15) is 11.5 Å². The van der Waals surface area contributed by atoms with Gasteiger partial charge in [0, 0.05) is 57.9 Å². The minimum absolute atomic E-state index is 0.0183. The monoisotopic (exact) mass is 595 g/mol. The number of amides is 1. The predicted octanol–water partition coefficient (Wildman–Crippen LogP) is 4.44. The molecular weight excluding hydrogens is 551 g/mol. The van der Waals surface area contributed by atoms with E-state index >= 15 is 0 Å². The van der Waals surface area contributed by atoms with E-state index in [0.717, 1.165) is 58.7 Å². The first-order valence-corrected chi connectivity index (χ1v) is 14.6. The second kappa shape index (κ2) is 16.4. The smallest absolute Gasteiger partial charge is 0.225 e. The summed E-state index contributed by atoms with van der Waals surface area (Å²) < 4.78 is 46.9. The van der Waals surface area contributed by atoms with Gasteiger partial charge in [-0.1, -0.05) is 0 Å².